The SMILES string of the molecule is O=C1[C@@H]2C(c3ccccc3Cl)=NO[C@H]2C(=O)N1c1ccc(Cl)cc1Cl. The Hall–Kier alpha value is -2.08. The average Bonchev–Trinajstić information content (AvgIpc) is 3.10. The number of hydrogen-bond acceptors (Lipinski definition) is 4. The van der Waals surface area contributed by atoms with Gasteiger partial charge in [0, 0.05) is 15.6 Å². The van der Waals surface area contributed by atoms with Crippen LogP contribution in [0.4, 0.5) is 5.69 Å². The largest absolute Gasteiger partial charge is 0.381 e. The predicted molar refractivity (Wildman–Crippen MR) is 95.3 cm³/mol. The Balaban J connectivity index is 1.75. The van der Waals surface area contributed by atoms with Crippen molar-refractivity contribution in [2.75, 3.05) is 4.90 Å². The molecule has 1 saturated heterocycles. The summed E-state index contributed by atoms with van der Waals surface area (Å²) in [4.78, 5) is 31.9. The van der Waals surface area contributed by atoms with Crippen molar-refractivity contribution in [1.82, 2.24) is 0 Å². The fourth-order valence-electron chi connectivity index (χ4n) is 2.97. The highest BCUT2D eigenvalue weighted by molar-refractivity contribution is 6.41. The van der Waals surface area contributed by atoms with Crippen LogP contribution in [-0.4, -0.2) is 23.6 Å². The van der Waals surface area contributed by atoms with Crippen LogP contribution < -0.4 is 4.90 Å². The van der Waals surface area contributed by atoms with Crippen LogP contribution in [0.1, 0.15) is 5.56 Å². The summed E-state index contributed by atoms with van der Waals surface area (Å²) in [5.74, 6) is -1.85. The van der Waals surface area contributed by atoms with Crippen LogP contribution in [0.15, 0.2) is 47.6 Å². The monoisotopic (exact) mass is 394 g/mol. The molecule has 4 rings (SSSR count). The van der Waals surface area contributed by atoms with Gasteiger partial charge in [0.2, 0.25) is 12.0 Å². The van der Waals surface area contributed by atoms with Crippen LogP contribution in [0.25, 0.3) is 0 Å². The molecular formula is C17H9Cl3N2O3. The van der Waals surface area contributed by atoms with Crippen molar-refractivity contribution in [3.8, 4) is 0 Å². The summed E-state index contributed by atoms with van der Waals surface area (Å²) in [7, 11) is 0. The molecule has 0 aliphatic carbocycles. The van der Waals surface area contributed by atoms with Gasteiger partial charge in [-0.3, -0.25) is 9.59 Å². The summed E-state index contributed by atoms with van der Waals surface area (Å²) in [6, 6.07) is 11.5. The molecular weight excluding hydrogens is 387 g/mol. The van der Waals surface area contributed by atoms with E-state index >= 15 is 0 Å². The smallest absolute Gasteiger partial charge is 0.279 e. The molecule has 8 heteroatoms. The number of imide groups is 1. The first kappa shape index (κ1) is 16.4. The van der Waals surface area contributed by atoms with Gasteiger partial charge in [-0.05, 0) is 24.3 Å². The van der Waals surface area contributed by atoms with Gasteiger partial charge < -0.3 is 4.84 Å². The van der Waals surface area contributed by atoms with Crippen molar-refractivity contribution in [3.63, 3.8) is 0 Å². The number of anilines is 1. The molecule has 2 aromatic carbocycles. The summed E-state index contributed by atoms with van der Waals surface area (Å²) < 4.78 is 0. The van der Waals surface area contributed by atoms with Gasteiger partial charge in [0.25, 0.3) is 5.91 Å². The molecule has 126 valence electrons. The highest BCUT2D eigenvalue weighted by atomic mass is 35.5. The minimum Gasteiger partial charge on any atom is -0.381 e. The van der Waals surface area contributed by atoms with E-state index in [9.17, 15) is 9.59 Å². The Morgan fingerprint density at radius 1 is 0.960 bits per heavy atom. The highest BCUT2D eigenvalue weighted by Crippen LogP contribution is 2.39. The van der Waals surface area contributed by atoms with Gasteiger partial charge in [-0.2, -0.15) is 0 Å². The molecule has 2 aliphatic heterocycles. The maximum Gasteiger partial charge on any atom is 0.279 e. The van der Waals surface area contributed by atoms with Crippen molar-refractivity contribution < 1.29 is 14.4 Å². The van der Waals surface area contributed by atoms with E-state index in [0.29, 0.717) is 21.3 Å². The minimum absolute atomic E-state index is 0.199. The number of benzene rings is 2. The van der Waals surface area contributed by atoms with Crippen molar-refractivity contribution in [2.24, 2.45) is 11.1 Å². The molecule has 2 heterocycles. The maximum absolute atomic E-state index is 12.9. The lowest BCUT2D eigenvalue weighted by molar-refractivity contribution is -0.126. The molecule has 2 aliphatic rings. The molecule has 0 aromatic heterocycles. The standard InChI is InChI=1S/C17H9Cl3N2O3/c18-8-5-6-12(11(20)7-8)22-16(23)13-14(21-25-15(13)17(22)24)9-3-1-2-4-10(9)19/h1-7,13,15H/t13-,15-/m1/s1. The first-order chi connectivity index (χ1) is 12.0. The van der Waals surface area contributed by atoms with E-state index < -0.39 is 23.8 Å². The van der Waals surface area contributed by atoms with E-state index in [1.165, 1.54) is 12.1 Å². The number of carbonyl (C=O) groups is 2. The molecule has 2 amide bonds. The normalized spacial score (nSPS) is 22.0. The third-order valence-electron chi connectivity index (χ3n) is 4.11. The molecule has 0 spiro atoms. The van der Waals surface area contributed by atoms with Crippen LogP contribution >= 0.6 is 34.8 Å². The van der Waals surface area contributed by atoms with E-state index in [1.54, 1.807) is 30.3 Å². The quantitative estimate of drug-likeness (QED) is 0.724. The molecule has 2 aromatic rings. The van der Waals surface area contributed by atoms with Crippen LogP contribution in [-0.2, 0) is 14.4 Å². The molecule has 5 nitrogen and oxygen atoms in total. The molecule has 0 unspecified atom stereocenters. The summed E-state index contributed by atoms with van der Waals surface area (Å²) >= 11 is 18.2. The zero-order valence-electron chi connectivity index (χ0n) is 12.4. The number of fused-ring (bicyclic) bond motifs is 1. The first-order valence-electron chi connectivity index (χ1n) is 7.30. The average molecular weight is 396 g/mol. The number of carbonyl (C=O) groups excluding carboxylic acids is 2. The van der Waals surface area contributed by atoms with Crippen molar-refractivity contribution in [2.45, 2.75) is 6.10 Å². The lowest BCUT2D eigenvalue weighted by Crippen LogP contribution is -2.33. The molecule has 25 heavy (non-hydrogen) atoms. The highest BCUT2D eigenvalue weighted by Gasteiger charge is 2.56. The third-order valence-corrected chi connectivity index (χ3v) is 4.98. The van der Waals surface area contributed by atoms with Crippen molar-refractivity contribution in [3.05, 3.63) is 63.1 Å². The van der Waals surface area contributed by atoms with E-state index in [0.717, 1.165) is 4.90 Å². The second-order valence-electron chi connectivity index (χ2n) is 5.57. The zero-order chi connectivity index (χ0) is 17.7. The fourth-order valence-corrected chi connectivity index (χ4v) is 3.69. The summed E-state index contributed by atoms with van der Waals surface area (Å²) in [5, 5.41) is 4.96. The first-order valence-corrected chi connectivity index (χ1v) is 8.44. The van der Waals surface area contributed by atoms with Crippen LogP contribution in [0.3, 0.4) is 0 Å². The number of hydrogen-bond donors (Lipinski definition) is 0. The zero-order valence-corrected chi connectivity index (χ0v) is 14.7. The summed E-state index contributed by atoms with van der Waals surface area (Å²) in [5.41, 5.74) is 1.15. The van der Waals surface area contributed by atoms with Gasteiger partial charge in [0.1, 0.15) is 11.6 Å². The predicted octanol–water partition coefficient (Wildman–Crippen LogP) is 3.94. The molecule has 0 radical (unpaired) electrons. The van der Waals surface area contributed by atoms with Gasteiger partial charge in [0.15, 0.2) is 0 Å². The fraction of sp³-hybridized carbons (Fsp3) is 0.118. The second-order valence-corrected chi connectivity index (χ2v) is 6.82. The van der Waals surface area contributed by atoms with Gasteiger partial charge >= 0.3 is 0 Å². The third kappa shape index (κ3) is 2.51. The van der Waals surface area contributed by atoms with E-state index in [4.69, 9.17) is 39.6 Å². The number of nitrogens with zero attached hydrogens (tertiary/aromatic N) is 2. The molecule has 0 N–H and O–H groups in total. The van der Waals surface area contributed by atoms with Crippen LogP contribution in [0.5, 0.6) is 0 Å². The Morgan fingerprint density at radius 3 is 2.44 bits per heavy atom. The molecule has 0 bridgehead atoms. The number of rotatable bonds is 2. The number of halogens is 3. The van der Waals surface area contributed by atoms with E-state index in [2.05, 4.69) is 5.16 Å². The van der Waals surface area contributed by atoms with Gasteiger partial charge in [-0.15, -0.1) is 0 Å². The second kappa shape index (κ2) is 6.02. The topological polar surface area (TPSA) is 59.0 Å². The molecule has 1 fully saturated rings. The van der Waals surface area contributed by atoms with Gasteiger partial charge in [0.05, 0.1) is 10.7 Å². The van der Waals surface area contributed by atoms with Crippen molar-refractivity contribution >= 4 is 58.0 Å². The Labute approximate surface area is 157 Å². The summed E-state index contributed by atoms with van der Waals surface area (Å²) in [6.07, 6.45) is -1.02. The molecule has 2 atom stereocenters. The maximum atomic E-state index is 12.9. The van der Waals surface area contributed by atoms with Crippen LogP contribution in [0.2, 0.25) is 15.1 Å². The molecule has 0 saturated carbocycles. The Bertz CT molecular complexity index is 944. The van der Waals surface area contributed by atoms with E-state index in [1.807, 2.05) is 0 Å². The van der Waals surface area contributed by atoms with E-state index in [-0.39, 0.29) is 10.7 Å². The Kier molecular flexibility index (Phi) is 3.95. The van der Waals surface area contributed by atoms with Gasteiger partial charge in [-0.25, -0.2) is 4.90 Å². The number of amides is 2. The minimum atomic E-state index is -1.02. The van der Waals surface area contributed by atoms with Crippen molar-refractivity contribution in [1.29, 1.82) is 0 Å². The van der Waals surface area contributed by atoms with Gasteiger partial charge in [-0.1, -0.05) is 58.2 Å². The Morgan fingerprint density at radius 2 is 1.72 bits per heavy atom. The summed E-state index contributed by atoms with van der Waals surface area (Å²) in [6.45, 7) is 0. The lowest BCUT2D eigenvalue weighted by Gasteiger charge is -2.17. The van der Waals surface area contributed by atoms with Crippen LogP contribution in [0, 0.1) is 5.92 Å². The lowest BCUT2D eigenvalue weighted by atomic mass is 9.94. The number of oxime groups is 1.